The number of esters is 1. The van der Waals surface area contributed by atoms with Gasteiger partial charge < -0.3 is 10.1 Å². The summed E-state index contributed by atoms with van der Waals surface area (Å²) in [6.45, 7) is 3.84. The molecule has 1 rings (SSSR count). The van der Waals surface area contributed by atoms with Crippen LogP contribution in [0.2, 0.25) is 0 Å². The topological polar surface area (TPSA) is 55.4 Å². The highest BCUT2D eigenvalue weighted by Gasteiger charge is 2.27. The Labute approximate surface area is 125 Å². The summed E-state index contributed by atoms with van der Waals surface area (Å²) in [6.07, 6.45) is 5.89. The minimum atomic E-state index is -0.391. The normalized spacial score (nSPS) is 12.8. The van der Waals surface area contributed by atoms with Crippen LogP contribution in [-0.2, 0) is 14.3 Å². The van der Waals surface area contributed by atoms with Crippen molar-refractivity contribution in [3.63, 3.8) is 0 Å². The van der Waals surface area contributed by atoms with Gasteiger partial charge in [0, 0.05) is 0 Å². The average Bonchev–Trinajstić information content (AvgIpc) is 2.51. The van der Waals surface area contributed by atoms with Gasteiger partial charge >= 0.3 is 5.97 Å². The summed E-state index contributed by atoms with van der Waals surface area (Å²) in [5.41, 5.74) is 0.904. The van der Waals surface area contributed by atoms with Gasteiger partial charge in [-0.3, -0.25) is 9.59 Å². The summed E-state index contributed by atoms with van der Waals surface area (Å²) < 4.78 is 5.12. The van der Waals surface area contributed by atoms with E-state index in [0.717, 1.165) is 12.0 Å². The van der Waals surface area contributed by atoms with Crippen molar-refractivity contribution in [3.8, 4) is 12.3 Å². The molecule has 0 fully saturated rings. The summed E-state index contributed by atoms with van der Waals surface area (Å²) in [5.74, 6) is 1.28. The molecule has 4 nitrogen and oxygen atoms in total. The lowest BCUT2D eigenvalue weighted by Gasteiger charge is -2.21. The molecule has 0 bridgehead atoms. The summed E-state index contributed by atoms with van der Waals surface area (Å²) >= 11 is 0. The molecule has 0 aliphatic heterocycles. The van der Waals surface area contributed by atoms with Gasteiger partial charge in [-0.2, -0.15) is 0 Å². The largest absolute Gasteiger partial charge is 0.455 e. The van der Waals surface area contributed by atoms with Crippen molar-refractivity contribution in [2.45, 2.75) is 26.2 Å². The van der Waals surface area contributed by atoms with Crippen LogP contribution in [-0.4, -0.2) is 25.0 Å². The smallest absolute Gasteiger partial charge is 0.314 e. The van der Waals surface area contributed by atoms with E-state index in [1.54, 1.807) is 0 Å². The average molecular weight is 287 g/mol. The Hall–Kier alpha value is -2.28. The van der Waals surface area contributed by atoms with E-state index in [4.69, 9.17) is 11.2 Å². The number of hydrogen-bond donors (Lipinski definition) is 1. The first-order valence-electron chi connectivity index (χ1n) is 7.01. The number of terminal acetylenes is 1. The first-order chi connectivity index (χ1) is 10.1. The predicted molar refractivity (Wildman–Crippen MR) is 81.4 cm³/mol. The number of carbonyl (C=O) groups excluding carboxylic acids is 2. The number of nitrogens with one attached hydrogen (secondary N) is 1. The van der Waals surface area contributed by atoms with Gasteiger partial charge in [-0.1, -0.05) is 56.5 Å². The minimum absolute atomic E-state index is 0.129. The van der Waals surface area contributed by atoms with Gasteiger partial charge in [-0.25, -0.2) is 0 Å². The molecular weight excluding hydrogens is 266 g/mol. The molecule has 0 saturated heterocycles. The molecule has 0 aliphatic rings. The molecule has 0 heterocycles. The minimum Gasteiger partial charge on any atom is -0.455 e. The van der Waals surface area contributed by atoms with Crippen LogP contribution in [0.4, 0.5) is 0 Å². The van der Waals surface area contributed by atoms with E-state index in [1.807, 2.05) is 44.2 Å². The van der Waals surface area contributed by atoms with E-state index in [9.17, 15) is 9.59 Å². The Kier molecular flexibility index (Phi) is 7.03. The lowest BCUT2D eigenvalue weighted by molar-refractivity contribution is -0.151. The Morgan fingerprint density at radius 3 is 2.57 bits per heavy atom. The molecule has 1 amide bonds. The van der Waals surface area contributed by atoms with Crippen molar-refractivity contribution in [3.05, 3.63) is 35.9 Å². The zero-order chi connectivity index (χ0) is 15.7. The first-order valence-corrected chi connectivity index (χ1v) is 7.01. The number of hydrogen-bond acceptors (Lipinski definition) is 3. The van der Waals surface area contributed by atoms with Crippen molar-refractivity contribution in [1.29, 1.82) is 0 Å². The summed E-state index contributed by atoms with van der Waals surface area (Å²) in [6, 6.07) is 9.47. The molecule has 0 aromatic heterocycles. The Morgan fingerprint density at radius 2 is 2.00 bits per heavy atom. The lowest BCUT2D eigenvalue weighted by Crippen LogP contribution is -2.31. The Balaban J connectivity index is 2.70. The maximum absolute atomic E-state index is 12.3. The van der Waals surface area contributed by atoms with Crippen LogP contribution in [0.1, 0.15) is 31.7 Å². The molecule has 112 valence electrons. The standard InChI is InChI=1S/C17H21NO3/c1-4-11-18-15(19)12-21-17(20)16(13(3)5-2)14-9-7-6-8-10-14/h1,6-10,13,16H,5,11-12H2,2-3H3,(H,18,19)/t13-,16+/m0/s1. The zero-order valence-corrected chi connectivity index (χ0v) is 12.5. The molecule has 0 aliphatic carbocycles. The van der Waals surface area contributed by atoms with Crippen molar-refractivity contribution in [1.82, 2.24) is 5.32 Å². The van der Waals surface area contributed by atoms with E-state index in [1.165, 1.54) is 0 Å². The fraction of sp³-hybridized carbons (Fsp3) is 0.412. The molecule has 0 radical (unpaired) electrons. The molecule has 1 aromatic rings. The quantitative estimate of drug-likeness (QED) is 0.617. The first kappa shape index (κ1) is 16.8. The predicted octanol–water partition coefficient (Wildman–Crippen LogP) is 2.11. The van der Waals surface area contributed by atoms with Crippen LogP contribution in [0.25, 0.3) is 0 Å². The van der Waals surface area contributed by atoms with Crippen LogP contribution >= 0.6 is 0 Å². The highest BCUT2D eigenvalue weighted by atomic mass is 16.5. The van der Waals surface area contributed by atoms with Crippen molar-refractivity contribution < 1.29 is 14.3 Å². The molecular formula is C17H21NO3. The van der Waals surface area contributed by atoms with E-state index in [-0.39, 0.29) is 31.0 Å². The maximum Gasteiger partial charge on any atom is 0.314 e. The van der Waals surface area contributed by atoms with Crippen molar-refractivity contribution in [2.75, 3.05) is 13.2 Å². The van der Waals surface area contributed by atoms with Crippen molar-refractivity contribution in [2.24, 2.45) is 5.92 Å². The molecule has 1 aromatic carbocycles. The lowest BCUT2D eigenvalue weighted by atomic mass is 9.86. The van der Waals surface area contributed by atoms with Gasteiger partial charge in [-0.15, -0.1) is 6.42 Å². The van der Waals surface area contributed by atoms with Gasteiger partial charge in [0.1, 0.15) is 0 Å². The zero-order valence-electron chi connectivity index (χ0n) is 12.5. The third-order valence-electron chi connectivity index (χ3n) is 3.36. The second kappa shape index (κ2) is 8.80. The van der Waals surface area contributed by atoms with E-state index < -0.39 is 5.91 Å². The molecule has 0 spiro atoms. The van der Waals surface area contributed by atoms with Crippen molar-refractivity contribution >= 4 is 11.9 Å². The van der Waals surface area contributed by atoms with Crippen LogP contribution in [0.5, 0.6) is 0 Å². The second-order valence-electron chi connectivity index (χ2n) is 4.86. The fourth-order valence-electron chi connectivity index (χ4n) is 2.02. The van der Waals surface area contributed by atoms with Crippen LogP contribution < -0.4 is 5.32 Å². The number of amides is 1. The number of rotatable bonds is 7. The Morgan fingerprint density at radius 1 is 1.33 bits per heavy atom. The van der Waals surface area contributed by atoms with Gasteiger partial charge in [0.25, 0.3) is 5.91 Å². The maximum atomic E-state index is 12.3. The third-order valence-corrected chi connectivity index (χ3v) is 3.36. The summed E-state index contributed by atoms with van der Waals surface area (Å²) in [4.78, 5) is 23.7. The molecule has 21 heavy (non-hydrogen) atoms. The number of ether oxygens (including phenoxy) is 1. The Bertz CT molecular complexity index is 505. The van der Waals surface area contributed by atoms with Crippen LogP contribution in [0.3, 0.4) is 0 Å². The SMILES string of the molecule is C#CCNC(=O)COC(=O)[C@@H](c1ccccc1)[C@@H](C)CC. The van der Waals surface area contributed by atoms with Crippen LogP contribution in [0, 0.1) is 18.3 Å². The highest BCUT2D eigenvalue weighted by molar-refractivity contribution is 5.83. The highest BCUT2D eigenvalue weighted by Crippen LogP contribution is 2.28. The van der Waals surface area contributed by atoms with Gasteiger partial charge in [-0.05, 0) is 11.5 Å². The fourth-order valence-corrected chi connectivity index (χ4v) is 2.02. The van der Waals surface area contributed by atoms with E-state index in [2.05, 4.69) is 11.2 Å². The number of carbonyl (C=O) groups is 2. The van der Waals surface area contributed by atoms with Crippen LogP contribution in [0.15, 0.2) is 30.3 Å². The van der Waals surface area contributed by atoms with Gasteiger partial charge in [0.2, 0.25) is 0 Å². The molecule has 2 atom stereocenters. The van der Waals surface area contributed by atoms with Gasteiger partial charge in [0.05, 0.1) is 12.5 Å². The monoisotopic (exact) mass is 287 g/mol. The second-order valence-corrected chi connectivity index (χ2v) is 4.86. The number of benzene rings is 1. The molecule has 4 heteroatoms. The van der Waals surface area contributed by atoms with Gasteiger partial charge in [0.15, 0.2) is 6.61 Å². The molecule has 1 N–H and O–H groups in total. The summed E-state index contributed by atoms with van der Waals surface area (Å²) in [7, 11) is 0. The molecule has 0 unspecified atom stereocenters. The third kappa shape index (κ3) is 5.31. The van der Waals surface area contributed by atoms with E-state index >= 15 is 0 Å². The molecule has 0 saturated carbocycles. The van der Waals surface area contributed by atoms with E-state index in [0.29, 0.717) is 0 Å². The summed E-state index contributed by atoms with van der Waals surface area (Å²) in [5, 5.41) is 2.46.